The van der Waals surface area contributed by atoms with Crippen molar-refractivity contribution in [3.63, 3.8) is 0 Å². The minimum Gasteiger partial charge on any atom is -0.396 e. The number of nitrogens with one attached hydrogen (secondary N) is 1. The summed E-state index contributed by atoms with van der Waals surface area (Å²) in [6.45, 7) is 10.5. The molecule has 0 bridgehead atoms. The largest absolute Gasteiger partial charge is 0.396 e. The molecule has 0 aromatic rings. The smallest absolute Gasteiger partial charge is 0.335 e. The van der Waals surface area contributed by atoms with Crippen LogP contribution in [0.1, 0.15) is 26.7 Å². The molecule has 16 heavy (non-hydrogen) atoms. The maximum absolute atomic E-state index is 5.85. The van der Waals surface area contributed by atoms with Gasteiger partial charge in [0.25, 0.3) is 0 Å². The van der Waals surface area contributed by atoms with E-state index in [1.54, 1.807) is 0 Å². The van der Waals surface area contributed by atoms with Gasteiger partial charge in [-0.3, -0.25) is 4.90 Å². The van der Waals surface area contributed by atoms with E-state index in [1.807, 2.05) is 0 Å². The molecule has 0 unspecified atom stereocenters. The van der Waals surface area contributed by atoms with E-state index in [0.717, 1.165) is 58.4 Å². The molecule has 1 rings (SSSR count). The molecule has 0 saturated carbocycles. The molecule has 0 aliphatic carbocycles. The summed E-state index contributed by atoms with van der Waals surface area (Å²) in [6, 6.07) is 0. The van der Waals surface area contributed by atoms with E-state index < -0.39 is 9.28 Å². The normalized spacial score (nSPS) is 18.2. The number of hydrogen-bond acceptors (Lipinski definition) is 4. The number of nitrogens with zero attached hydrogens (tertiary/aromatic N) is 1. The first-order valence-corrected chi connectivity index (χ1v) is 8.29. The zero-order valence-corrected chi connectivity index (χ0v) is 11.9. The SMILES string of the molecule is CCCO[SiH](CN1CCNCC1)OCCC. The second-order valence-electron chi connectivity index (χ2n) is 4.22. The predicted molar refractivity (Wildman–Crippen MR) is 68.9 cm³/mol. The lowest BCUT2D eigenvalue weighted by Crippen LogP contribution is -2.49. The van der Waals surface area contributed by atoms with Crippen LogP contribution in [0, 0.1) is 0 Å². The molecule has 1 aliphatic heterocycles. The average Bonchev–Trinajstić information content (AvgIpc) is 2.34. The van der Waals surface area contributed by atoms with Crippen LogP contribution in [0.4, 0.5) is 0 Å². The van der Waals surface area contributed by atoms with Gasteiger partial charge < -0.3 is 14.2 Å². The summed E-state index contributed by atoms with van der Waals surface area (Å²) in [7, 11) is -1.44. The molecule has 5 heteroatoms. The molecule has 1 fully saturated rings. The van der Waals surface area contributed by atoms with E-state index in [4.69, 9.17) is 8.85 Å². The fourth-order valence-electron chi connectivity index (χ4n) is 1.76. The number of piperazine rings is 1. The van der Waals surface area contributed by atoms with Gasteiger partial charge in [-0.05, 0) is 12.8 Å². The second kappa shape index (κ2) is 9.12. The molecule has 1 N–H and O–H groups in total. The summed E-state index contributed by atoms with van der Waals surface area (Å²) in [5.41, 5.74) is 0. The molecule has 1 aliphatic rings. The van der Waals surface area contributed by atoms with Crippen LogP contribution < -0.4 is 5.32 Å². The molecule has 0 spiro atoms. The van der Waals surface area contributed by atoms with Gasteiger partial charge in [0.2, 0.25) is 0 Å². The van der Waals surface area contributed by atoms with Gasteiger partial charge in [0.15, 0.2) is 0 Å². The van der Waals surface area contributed by atoms with Crippen molar-refractivity contribution in [2.75, 3.05) is 45.6 Å². The number of rotatable bonds is 8. The van der Waals surface area contributed by atoms with Crippen LogP contribution in [0.25, 0.3) is 0 Å². The topological polar surface area (TPSA) is 33.7 Å². The molecule has 0 amide bonds. The molecular formula is C11H26N2O2Si. The highest BCUT2D eigenvalue weighted by Gasteiger charge is 2.19. The van der Waals surface area contributed by atoms with Crippen LogP contribution in [-0.4, -0.2) is 59.7 Å². The molecule has 96 valence electrons. The third-order valence-electron chi connectivity index (χ3n) is 2.63. The summed E-state index contributed by atoms with van der Waals surface area (Å²) >= 11 is 0. The first-order chi connectivity index (χ1) is 7.86. The van der Waals surface area contributed by atoms with Crippen molar-refractivity contribution in [1.82, 2.24) is 10.2 Å². The van der Waals surface area contributed by atoms with Crippen molar-refractivity contribution >= 4 is 9.28 Å². The van der Waals surface area contributed by atoms with Crippen molar-refractivity contribution in [2.45, 2.75) is 26.7 Å². The van der Waals surface area contributed by atoms with E-state index in [1.165, 1.54) is 0 Å². The number of hydrogen-bond donors (Lipinski definition) is 1. The Morgan fingerprint density at radius 2 is 1.62 bits per heavy atom. The van der Waals surface area contributed by atoms with Gasteiger partial charge >= 0.3 is 9.28 Å². The third-order valence-corrected chi connectivity index (χ3v) is 4.66. The lowest BCUT2D eigenvalue weighted by atomic mass is 10.4. The van der Waals surface area contributed by atoms with Crippen LogP contribution in [0.5, 0.6) is 0 Å². The van der Waals surface area contributed by atoms with Gasteiger partial charge in [-0.2, -0.15) is 0 Å². The van der Waals surface area contributed by atoms with E-state index in [0.29, 0.717) is 0 Å². The highest BCUT2D eigenvalue weighted by atomic mass is 28.3. The minimum absolute atomic E-state index is 0.854. The highest BCUT2D eigenvalue weighted by molar-refractivity contribution is 6.44. The van der Waals surface area contributed by atoms with E-state index in [9.17, 15) is 0 Å². The predicted octanol–water partition coefficient (Wildman–Crippen LogP) is 0.505. The van der Waals surface area contributed by atoms with Gasteiger partial charge in [0.05, 0.1) is 0 Å². The lowest BCUT2D eigenvalue weighted by Gasteiger charge is -2.29. The Morgan fingerprint density at radius 1 is 1.06 bits per heavy atom. The Kier molecular flexibility index (Phi) is 8.05. The Hall–Kier alpha value is 0.0569. The standard InChI is InChI=1S/C11H26N2O2Si/c1-3-9-14-16(15-10-4-2)11-13-7-5-12-6-8-13/h12,16H,3-11H2,1-2H3. The zero-order chi connectivity index (χ0) is 11.6. The third kappa shape index (κ3) is 5.96. The molecular weight excluding hydrogens is 220 g/mol. The monoisotopic (exact) mass is 246 g/mol. The van der Waals surface area contributed by atoms with Gasteiger partial charge in [-0.15, -0.1) is 0 Å². The Morgan fingerprint density at radius 3 is 2.12 bits per heavy atom. The fraction of sp³-hybridized carbons (Fsp3) is 1.00. The van der Waals surface area contributed by atoms with Gasteiger partial charge in [-0.25, -0.2) is 0 Å². The maximum Gasteiger partial charge on any atom is 0.335 e. The molecule has 0 atom stereocenters. The van der Waals surface area contributed by atoms with Gasteiger partial charge in [0, 0.05) is 45.6 Å². The van der Waals surface area contributed by atoms with Crippen LogP contribution in [0.15, 0.2) is 0 Å². The Labute approximate surface area is 101 Å². The lowest BCUT2D eigenvalue weighted by molar-refractivity contribution is 0.169. The molecule has 4 nitrogen and oxygen atoms in total. The van der Waals surface area contributed by atoms with Crippen LogP contribution >= 0.6 is 0 Å². The fourth-order valence-corrected chi connectivity index (χ4v) is 3.85. The minimum atomic E-state index is -1.44. The second-order valence-corrected chi connectivity index (χ2v) is 6.11. The van der Waals surface area contributed by atoms with Gasteiger partial charge in [0.1, 0.15) is 0 Å². The first-order valence-electron chi connectivity index (χ1n) is 6.53. The van der Waals surface area contributed by atoms with Crippen LogP contribution in [0.3, 0.4) is 0 Å². The van der Waals surface area contributed by atoms with E-state index in [2.05, 4.69) is 24.1 Å². The summed E-state index contributed by atoms with van der Waals surface area (Å²) < 4.78 is 11.7. The Bertz CT molecular complexity index is 158. The first kappa shape index (κ1) is 14.1. The molecule has 1 heterocycles. The summed E-state index contributed by atoms with van der Waals surface area (Å²) in [5.74, 6) is 0. The van der Waals surface area contributed by atoms with Crippen molar-refractivity contribution < 1.29 is 8.85 Å². The maximum atomic E-state index is 5.85. The van der Waals surface area contributed by atoms with Crippen LogP contribution in [0.2, 0.25) is 0 Å². The van der Waals surface area contributed by atoms with Crippen molar-refractivity contribution in [3.05, 3.63) is 0 Å². The van der Waals surface area contributed by atoms with E-state index in [-0.39, 0.29) is 0 Å². The van der Waals surface area contributed by atoms with Crippen molar-refractivity contribution in [1.29, 1.82) is 0 Å². The average molecular weight is 246 g/mol. The van der Waals surface area contributed by atoms with Crippen molar-refractivity contribution in [3.8, 4) is 0 Å². The summed E-state index contributed by atoms with van der Waals surface area (Å²) in [5, 5.41) is 3.37. The van der Waals surface area contributed by atoms with Crippen molar-refractivity contribution in [2.24, 2.45) is 0 Å². The molecule has 1 saturated heterocycles. The van der Waals surface area contributed by atoms with E-state index >= 15 is 0 Å². The van der Waals surface area contributed by atoms with Crippen LogP contribution in [-0.2, 0) is 8.85 Å². The highest BCUT2D eigenvalue weighted by Crippen LogP contribution is 1.99. The summed E-state index contributed by atoms with van der Waals surface area (Å²) in [4.78, 5) is 2.47. The summed E-state index contributed by atoms with van der Waals surface area (Å²) in [6.07, 6.45) is 3.21. The molecule has 0 aromatic carbocycles. The quantitative estimate of drug-likeness (QED) is 0.633. The molecule has 0 aromatic heterocycles. The van der Waals surface area contributed by atoms with Gasteiger partial charge in [-0.1, -0.05) is 13.8 Å². The molecule has 0 radical (unpaired) electrons. The Balaban J connectivity index is 2.23. The zero-order valence-electron chi connectivity index (χ0n) is 10.7.